The van der Waals surface area contributed by atoms with E-state index in [1.54, 1.807) is 4.57 Å². The Bertz CT molecular complexity index is 883. The fourth-order valence-corrected chi connectivity index (χ4v) is 3.00. The second kappa shape index (κ2) is 7.07. The number of thioether (sulfide) groups is 1. The van der Waals surface area contributed by atoms with Gasteiger partial charge < -0.3 is 5.32 Å². The maximum atomic E-state index is 13.1. The molecule has 122 valence electrons. The Labute approximate surface area is 147 Å². The molecule has 24 heavy (non-hydrogen) atoms. The number of nitrogens with one attached hydrogen (secondary N) is 1. The molecule has 0 atom stereocenters. The minimum atomic E-state index is -0.461. The second-order valence-electron chi connectivity index (χ2n) is 4.88. The Morgan fingerprint density at radius 2 is 2.00 bits per heavy atom. The zero-order chi connectivity index (χ0) is 17.1. The number of imidazole rings is 1. The van der Waals surface area contributed by atoms with E-state index in [2.05, 4.69) is 10.3 Å². The lowest BCUT2D eigenvalue weighted by atomic mass is 10.3. The minimum absolute atomic E-state index is 0.138. The van der Waals surface area contributed by atoms with Gasteiger partial charge in [-0.25, -0.2) is 9.37 Å². The quantitative estimate of drug-likeness (QED) is 0.689. The molecular weight excluding hydrogens is 349 g/mol. The molecule has 0 saturated heterocycles. The molecule has 0 aliphatic carbocycles. The lowest BCUT2D eigenvalue weighted by Crippen LogP contribution is -2.17. The van der Waals surface area contributed by atoms with Crippen LogP contribution in [0, 0.1) is 5.82 Å². The molecule has 1 aromatic heterocycles. The van der Waals surface area contributed by atoms with Gasteiger partial charge >= 0.3 is 0 Å². The smallest absolute Gasteiger partial charge is 0.274 e. The van der Waals surface area contributed by atoms with Crippen LogP contribution >= 0.6 is 23.4 Å². The van der Waals surface area contributed by atoms with Crippen LogP contribution in [0.2, 0.25) is 5.02 Å². The van der Waals surface area contributed by atoms with Crippen molar-refractivity contribution in [2.75, 3.05) is 11.6 Å². The number of para-hydroxylation sites is 1. The predicted octanol–water partition coefficient (Wildman–Crippen LogP) is 4.64. The molecule has 0 unspecified atom stereocenters. The molecule has 2 aromatic carbocycles. The number of rotatable bonds is 4. The topological polar surface area (TPSA) is 46.9 Å². The molecule has 0 fully saturated rings. The van der Waals surface area contributed by atoms with E-state index in [0.717, 1.165) is 11.8 Å². The molecule has 0 spiro atoms. The number of benzene rings is 2. The molecule has 1 amide bonds. The first-order valence-electron chi connectivity index (χ1n) is 7.03. The van der Waals surface area contributed by atoms with Crippen LogP contribution in [-0.4, -0.2) is 21.7 Å². The number of anilines is 1. The van der Waals surface area contributed by atoms with Crippen LogP contribution in [0.4, 0.5) is 10.1 Å². The summed E-state index contributed by atoms with van der Waals surface area (Å²) >= 11 is 7.41. The standard InChI is InChI=1S/C17H13ClFN3OS/c1-24-17-20-10-15(22(17)12-5-3-2-4-6-12)16(23)21-14-8-7-11(19)9-13(14)18/h2-10H,1H3,(H,21,23). The number of halogens is 2. The van der Waals surface area contributed by atoms with Crippen LogP contribution in [0.1, 0.15) is 10.5 Å². The van der Waals surface area contributed by atoms with Gasteiger partial charge in [-0.15, -0.1) is 0 Å². The van der Waals surface area contributed by atoms with Gasteiger partial charge in [0.1, 0.15) is 11.5 Å². The van der Waals surface area contributed by atoms with Crippen molar-refractivity contribution in [3.05, 3.63) is 71.3 Å². The molecule has 1 N–H and O–H groups in total. The zero-order valence-electron chi connectivity index (χ0n) is 12.7. The molecule has 0 radical (unpaired) electrons. The van der Waals surface area contributed by atoms with Gasteiger partial charge in [0.05, 0.1) is 16.9 Å². The first-order chi connectivity index (χ1) is 11.6. The van der Waals surface area contributed by atoms with E-state index in [9.17, 15) is 9.18 Å². The Morgan fingerprint density at radius 1 is 1.25 bits per heavy atom. The zero-order valence-corrected chi connectivity index (χ0v) is 14.2. The predicted molar refractivity (Wildman–Crippen MR) is 94.7 cm³/mol. The average Bonchev–Trinajstić information content (AvgIpc) is 3.02. The highest BCUT2D eigenvalue weighted by Gasteiger charge is 2.18. The highest BCUT2D eigenvalue weighted by molar-refractivity contribution is 7.98. The van der Waals surface area contributed by atoms with E-state index in [1.165, 1.54) is 30.1 Å². The summed E-state index contributed by atoms with van der Waals surface area (Å²) in [6.45, 7) is 0. The Morgan fingerprint density at radius 3 is 2.67 bits per heavy atom. The van der Waals surface area contributed by atoms with Crippen molar-refractivity contribution in [1.82, 2.24) is 9.55 Å². The van der Waals surface area contributed by atoms with Gasteiger partial charge in [0.2, 0.25) is 0 Å². The van der Waals surface area contributed by atoms with Crippen molar-refractivity contribution in [1.29, 1.82) is 0 Å². The third kappa shape index (κ3) is 3.29. The maximum Gasteiger partial charge on any atom is 0.274 e. The number of aromatic nitrogens is 2. The highest BCUT2D eigenvalue weighted by Crippen LogP contribution is 2.25. The highest BCUT2D eigenvalue weighted by atomic mass is 35.5. The van der Waals surface area contributed by atoms with Gasteiger partial charge in [-0.1, -0.05) is 41.6 Å². The second-order valence-corrected chi connectivity index (χ2v) is 6.06. The van der Waals surface area contributed by atoms with Crippen LogP contribution in [-0.2, 0) is 0 Å². The van der Waals surface area contributed by atoms with Crippen LogP contribution < -0.4 is 5.32 Å². The molecule has 0 aliphatic rings. The molecule has 4 nitrogen and oxygen atoms in total. The number of hydrogen-bond acceptors (Lipinski definition) is 3. The van der Waals surface area contributed by atoms with Gasteiger partial charge in [0, 0.05) is 5.69 Å². The Hall–Kier alpha value is -2.31. The molecule has 3 aromatic rings. The maximum absolute atomic E-state index is 13.1. The number of nitrogens with zero attached hydrogens (tertiary/aromatic N) is 2. The number of hydrogen-bond donors (Lipinski definition) is 1. The fraction of sp³-hybridized carbons (Fsp3) is 0.0588. The largest absolute Gasteiger partial charge is 0.319 e. The van der Waals surface area contributed by atoms with Crippen LogP contribution in [0.25, 0.3) is 5.69 Å². The first-order valence-corrected chi connectivity index (χ1v) is 8.64. The van der Waals surface area contributed by atoms with Crippen molar-refractivity contribution in [2.24, 2.45) is 0 Å². The number of carbonyl (C=O) groups is 1. The number of carbonyl (C=O) groups excluding carboxylic acids is 1. The van der Waals surface area contributed by atoms with Crippen molar-refractivity contribution < 1.29 is 9.18 Å². The van der Waals surface area contributed by atoms with Crippen LogP contribution in [0.15, 0.2) is 59.9 Å². The van der Waals surface area contributed by atoms with Gasteiger partial charge in [-0.2, -0.15) is 0 Å². The van der Waals surface area contributed by atoms with E-state index in [1.807, 2.05) is 36.6 Å². The summed E-state index contributed by atoms with van der Waals surface area (Å²) in [7, 11) is 0. The summed E-state index contributed by atoms with van der Waals surface area (Å²) in [6.07, 6.45) is 3.39. The van der Waals surface area contributed by atoms with E-state index in [0.29, 0.717) is 16.5 Å². The first kappa shape index (κ1) is 16.5. The summed E-state index contributed by atoms with van der Waals surface area (Å²) < 4.78 is 14.9. The van der Waals surface area contributed by atoms with E-state index < -0.39 is 5.82 Å². The van der Waals surface area contributed by atoms with E-state index in [4.69, 9.17) is 11.6 Å². The SMILES string of the molecule is CSc1ncc(C(=O)Nc2ccc(F)cc2Cl)n1-c1ccccc1. The molecular formula is C17H13ClFN3OS. The van der Waals surface area contributed by atoms with Gasteiger partial charge in [0.15, 0.2) is 5.16 Å². The lowest BCUT2D eigenvalue weighted by Gasteiger charge is -2.12. The normalized spacial score (nSPS) is 10.6. The summed E-state index contributed by atoms with van der Waals surface area (Å²) in [5, 5.41) is 3.52. The molecule has 1 heterocycles. The average molecular weight is 362 g/mol. The van der Waals surface area contributed by atoms with Gasteiger partial charge in [0.25, 0.3) is 5.91 Å². The summed E-state index contributed by atoms with van der Waals surface area (Å²) in [5.74, 6) is -0.836. The number of amides is 1. The third-order valence-corrected chi connectivity index (χ3v) is 4.30. The Balaban J connectivity index is 1.97. The molecule has 0 bridgehead atoms. The van der Waals surface area contributed by atoms with Crippen LogP contribution in [0.5, 0.6) is 0 Å². The molecule has 7 heteroatoms. The van der Waals surface area contributed by atoms with Gasteiger partial charge in [-0.3, -0.25) is 9.36 Å². The van der Waals surface area contributed by atoms with Crippen molar-refractivity contribution in [3.8, 4) is 5.69 Å². The molecule has 0 aliphatic heterocycles. The molecule has 0 saturated carbocycles. The third-order valence-electron chi connectivity index (χ3n) is 3.34. The molecule has 3 rings (SSSR count). The lowest BCUT2D eigenvalue weighted by molar-refractivity contribution is 0.102. The fourth-order valence-electron chi connectivity index (χ4n) is 2.24. The van der Waals surface area contributed by atoms with Gasteiger partial charge in [-0.05, 0) is 36.6 Å². The van der Waals surface area contributed by atoms with Crippen molar-refractivity contribution in [3.63, 3.8) is 0 Å². The Kier molecular flexibility index (Phi) is 4.87. The monoisotopic (exact) mass is 361 g/mol. The van der Waals surface area contributed by atoms with E-state index in [-0.39, 0.29) is 10.9 Å². The van der Waals surface area contributed by atoms with Crippen LogP contribution in [0.3, 0.4) is 0 Å². The summed E-state index contributed by atoms with van der Waals surface area (Å²) in [5.41, 5.74) is 1.54. The van der Waals surface area contributed by atoms with Crippen molar-refractivity contribution >= 4 is 35.0 Å². The van der Waals surface area contributed by atoms with E-state index >= 15 is 0 Å². The summed E-state index contributed by atoms with van der Waals surface area (Å²) in [4.78, 5) is 16.9. The summed E-state index contributed by atoms with van der Waals surface area (Å²) in [6, 6.07) is 13.3. The van der Waals surface area contributed by atoms with Crippen molar-refractivity contribution in [2.45, 2.75) is 5.16 Å². The minimum Gasteiger partial charge on any atom is -0.319 e.